The number of rotatable bonds is 2. The third-order valence-electron chi connectivity index (χ3n) is 3.98. The maximum absolute atomic E-state index is 12.6. The molecule has 5 heteroatoms. The number of hydrogen-bond donors (Lipinski definition) is 1. The number of aryl methyl sites for hydroxylation is 1. The molecular weight excluding hydrogens is 267 g/mol. The second-order valence-electron chi connectivity index (χ2n) is 5.52. The summed E-state index contributed by atoms with van der Waals surface area (Å²) >= 11 is 0. The smallest absolute Gasteiger partial charge is 0.349 e. The van der Waals surface area contributed by atoms with Gasteiger partial charge in [-0.2, -0.15) is 13.2 Å². The molecule has 1 N–H and O–H groups in total. The fraction of sp³-hybridized carbons (Fsp3) is 0.533. The van der Waals surface area contributed by atoms with Gasteiger partial charge in [-0.3, -0.25) is 4.79 Å². The van der Waals surface area contributed by atoms with E-state index in [1.807, 2.05) is 0 Å². The van der Waals surface area contributed by atoms with Gasteiger partial charge in [-0.25, -0.2) is 0 Å². The molecule has 0 saturated heterocycles. The normalized spacial score (nSPS) is 22.9. The van der Waals surface area contributed by atoms with Crippen molar-refractivity contribution in [2.24, 2.45) is 5.92 Å². The van der Waals surface area contributed by atoms with Crippen LogP contribution in [-0.2, 0) is 6.18 Å². The van der Waals surface area contributed by atoms with Crippen LogP contribution in [0.5, 0.6) is 0 Å². The van der Waals surface area contributed by atoms with Gasteiger partial charge in [-0.1, -0.05) is 13.3 Å². The molecule has 0 aromatic heterocycles. The van der Waals surface area contributed by atoms with E-state index in [0.717, 1.165) is 31.4 Å². The summed E-state index contributed by atoms with van der Waals surface area (Å²) in [7, 11) is 0. The summed E-state index contributed by atoms with van der Waals surface area (Å²) in [4.78, 5) is 12.1. The number of amides is 1. The van der Waals surface area contributed by atoms with E-state index in [4.69, 9.17) is 0 Å². The standard InChI is InChI=1S/C15H18F3NO/c1-9-4-3-5-13(9)19-14(20)12-7-6-11(8-10(12)2)15(16,17)18/h6-9,13H,3-5H2,1-2H3,(H,19,20). The Labute approximate surface area is 116 Å². The first-order chi connectivity index (χ1) is 9.29. The van der Waals surface area contributed by atoms with Gasteiger partial charge in [0.2, 0.25) is 0 Å². The van der Waals surface area contributed by atoms with Crippen LogP contribution in [0.15, 0.2) is 18.2 Å². The van der Waals surface area contributed by atoms with Gasteiger partial charge in [0.25, 0.3) is 5.91 Å². The van der Waals surface area contributed by atoms with Crippen LogP contribution in [0.4, 0.5) is 13.2 Å². The lowest BCUT2D eigenvalue weighted by Crippen LogP contribution is -2.36. The van der Waals surface area contributed by atoms with Gasteiger partial charge in [-0.05, 0) is 49.4 Å². The predicted molar refractivity (Wildman–Crippen MR) is 70.5 cm³/mol. The second kappa shape index (κ2) is 5.46. The van der Waals surface area contributed by atoms with Gasteiger partial charge < -0.3 is 5.32 Å². The van der Waals surface area contributed by atoms with Crippen molar-refractivity contribution >= 4 is 5.91 Å². The van der Waals surface area contributed by atoms with Crippen molar-refractivity contribution < 1.29 is 18.0 Å². The Morgan fingerprint density at radius 3 is 2.50 bits per heavy atom. The Hall–Kier alpha value is -1.52. The summed E-state index contributed by atoms with van der Waals surface area (Å²) in [6.07, 6.45) is -1.28. The van der Waals surface area contributed by atoms with Crippen molar-refractivity contribution in [3.05, 3.63) is 34.9 Å². The highest BCUT2D eigenvalue weighted by molar-refractivity contribution is 5.95. The van der Waals surface area contributed by atoms with Crippen LogP contribution < -0.4 is 5.32 Å². The molecule has 1 aliphatic carbocycles. The molecule has 1 aliphatic rings. The molecular formula is C15H18F3NO. The summed E-state index contributed by atoms with van der Waals surface area (Å²) in [6.45, 7) is 3.61. The molecule has 0 radical (unpaired) electrons. The number of carbonyl (C=O) groups excluding carboxylic acids is 1. The highest BCUT2D eigenvalue weighted by atomic mass is 19.4. The van der Waals surface area contributed by atoms with E-state index in [2.05, 4.69) is 12.2 Å². The highest BCUT2D eigenvalue weighted by Gasteiger charge is 2.31. The molecule has 1 aromatic carbocycles. The van der Waals surface area contributed by atoms with E-state index in [1.54, 1.807) is 0 Å². The number of alkyl halides is 3. The number of nitrogens with one attached hydrogen (secondary N) is 1. The van der Waals surface area contributed by atoms with Crippen LogP contribution in [0.2, 0.25) is 0 Å². The fourth-order valence-electron chi connectivity index (χ4n) is 2.70. The molecule has 1 saturated carbocycles. The third-order valence-corrected chi connectivity index (χ3v) is 3.98. The summed E-state index contributed by atoms with van der Waals surface area (Å²) in [5, 5.41) is 2.92. The minimum atomic E-state index is -4.38. The Bertz CT molecular complexity index is 510. The highest BCUT2D eigenvalue weighted by Crippen LogP contribution is 2.30. The van der Waals surface area contributed by atoms with Crippen molar-refractivity contribution in [2.45, 2.75) is 45.3 Å². The van der Waals surface area contributed by atoms with Crippen molar-refractivity contribution in [2.75, 3.05) is 0 Å². The Balaban J connectivity index is 2.14. The van der Waals surface area contributed by atoms with Crippen molar-refractivity contribution in [3.63, 3.8) is 0 Å². The lowest BCUT2D eigenvalue weighted by molar-refractivity contribution is -0.137. The average molecular weight is 285 g/mol. The second-order valence-corrected chi connectivity index (χ2v) is 5.52. The van der Waals surface area contributed by atoms with E-state index in [0.29, 0.717) is 17.0 Å². The van der Waals surface area contributed by atoms with E-state index < -0.39 is 11.7 Å². The summed E-state index contributed by atoms with van der Waals surface area (Å²) in [5.41, 5.74) is -0.0548. The van der Waals surface area contributed by atoms with Crippen LogP contribution in [0, 0.1) is 12.8 Å². The van der Waals surface area contributed by atoms with E-state index in [-0.39, 0.29) is 11.9 Å². The lowest BCUT2D eigenvalue weighted by atomic mass is 10.0. The van der Waals surface area contributed by atoms with Gasteiger partial charge in [0.05, 0.1) is 5.56 Å². The van der Waals surface area contributed by atoms with Crippen LogP contribution in [0.3, 0.4) is 0 Å². The van der Waals surface area contributed by atoms with Gasteiger partial charge in [0.1, 0.15) is 0 Å². The third kappa shape index (κ3) is 3.14. The molecule has 1 fully saturated rings. The van der Waals surface area contributed by atoms with Crippen molar-refractivity contribution in [1.82, 2.24) is 5.32 Å². The molecule has 110 valence electrons. The Morgan fingerprint density at radius 1 is 1.30 bits per heavy atom. The van der Waals surface area contributed by atoms with Crippen molar-refractivity contribution in [1.29, 1.82) is 0 Å². The monoisotopic (exact) mass is 285 g/mol. The van der Waals surface area contributed by atoms with Crippen LogP contribution in [0.1, 0.15) is 47.7 Å². The Morgan fingerprint density at radius 2 is 2.00 bits per heavy atom. The SMILES string of the molecule is Cc1cc(C(F)(F)F)ccc1C(=O)NC1CCCC1C. The first-order valence-corrected chi connectivity index (χ1v) is 6.77. The van der Waals surface area contributed by atoms with E-state index in [9.17, 15) is 18.0 Å². The van der Waals surface area contributed by atoms with Gasteiger partial charge in [0, 0.05) is 11.6 Å². The minimum absolute atomic E-state index is 0.129. The molecule has 0 bridgehead atoms. The zero-order chi connectivity index (χ0) is 14.9. The van der Waals surface area contributed by atoms with Gasteiger partial charge >= 0.3 is 6.18 Å². The number of halogens is 3. The summed E-state index contributed by atoms with van der Waals surface area (Å²) in [6, 6.07) is 3.37. The first-order valence-electron chi connectivity index (χ1n) is 6.77. The molecule has 2 nitrogen and oxygen atoms in total. The maximum Gasteiger partial charge on any atom is 0.416 e. The zero-order valence-corrected chi connectivity index (χ0v) is 11.6. The van der Waals surface area contributed by atoms with E-state index in [1.165, 1.54) is 13.0 Å². The van der Waals surface area contributed by atoms with Crippen LogP contribution >= 0.6 is 0 Å². The quantitative estimate of drug-likeness (QED) is 0.876. The van der Waals surface area contributed by atoms with E-state index >= 15 is 0 Å². The fourth-order valence-corrected chi connectivity index (χ4v) is 2.70. The molecule has 0 spiro atoms. The Kier molecular flexibility index (Phi) is 4.06. The van der Waals surface area contributed by atoms with Gasteiger partial charge in [-0.15, -0.1) is 0 Å². The predicted octanol–water partition coefficient (Wildman–Crippen LogP) is 3.93. The first kappa shape index (κ1) is 14.9. The van der Waals surface area contributed by atoms with Crippen LogP contribution in [-0.4, -0.2) is 11.9 Å². The molecule has 2 atom stereocenters. The summed E-state index contributed by atoms with van der Waals surface area (Å²) < 4.78 is 37.7. The molecule has 1 aromatic rings. The molecule has 1 amide bonds. The topological polar surface area (TPSA) is 29.1 Å². The number of hydrogen-bond acceptors (Lipinski definition) is 1. The lowest BCUT2D eigenvalue weighted by Gasteiger charge is -2.18. The molecule has 0 heterocycles. The molecule has 2 rings (SSSR count). The molecule has 2 unspecified atom stereocenters. The number of benzene rings is 1. The minimum Gasteiger partial charge on any atom is -0.349 e. The molecule has 0 aliphatic heterocycles. The zero-order valence-electron chi connectivity index (χ0n) is 11.6. The summed E-state index contributed by atoms with van der Waals surface area (Å²) in [5.74, 6) is 0.142. The number of carbonyl (C=O) groups is 1. The maximum atomic E-state index is 12.6. The van der Waals surface area contributed by atoms with Gasteiger partial charge in [0.15, 0.2) is 0 Å². The van der Waals surface area contributed by atoms with Crippen LogP contribution in [0.25, 0.3) is 0 Å². The average Bonchev–Trinajstić information content (AvgIpc) is 2.73. The molecule has 20 heavy (non-hydrogen) atoms. The van der Waals surface area contributed by atoms with Crippen molar-refractivity contribution in [3.8, 4) is 0 Å². The largest absolute Gasteiger partial charge is 0.416 e.